The maximum Gasteiger partial charge on any atom is 0.191 e. The van der Waals surface area contributed by atoms with E-state index in [0.29, 0.717) is 11.0 Å². The van der Waals surface area contributed by atoms with Gasteiger partial charge in [0.25, 0.3) is 0 Å². The number of benzene rings is 1. The number of thioether (sulfide) groups is 1. The average molecular weight is 357 g/mol. The van der Waals surface area contributed by atoms with Gasteiger partial charge in [-0.25, -0.2) is 15.0 Å². The first kappa shape index (κ1) is 16.2. The molecule has 0 saturated carbocycles. The molecule has 1 aromatic carbocycles. The SMILES string of the molecule is COc1cccc(Nc2nc(SC)nc3c2ncn3C2CCCO2)c1. The Morgan fingerprint density at radius 1 is 1.36 bits per heavy atom. The minimum Gasteiger partial charge on any atom is -0.497 e. The summed E-state index contributed by atoms with van der Waals surface area (Å²) in [5.74, 6) is 1.46. The second-order valence-corrected chi connectivity index (χ2v) is 6.48. The van der Waals surface area contributed by atoms with Crippen molar-refractivity contribution in [2.45, 2.75) is 24.2 Å². The molecule has 3 aromatic rings. The third kappa shape index (κ3) is 3.14. The van der Waals surface area contributed by atoms with E-state index in [1.165, 1.54) is 11.8 Å². The van der Waals surface area contributed by atoms with Crippen LogP contribution >= 0.6 is 11.8 Å². The topological polar surface area (TPSA) is 74.1 Å². The molecule has 4 rings (SSSR count). The number of rotatable bonds is 5. The smallest absolute Gasteiger partial charge is 0.191 e. The maximum absolute atomic E-state index is 5.79. The van der Waals surface area contributed by atoms with Crippen LogP contribution in [-0.4, -0.2) is 39.5 Å². The summed E-state index contributed by atoms with van der Waals surface area (Å²) < 4.78 is 13.1. The molecule has 0 amide bonds. The summed E-state index contributed by atoms with van der Waals surface area (Å²) in [5.41, 5.74) is 2.41. The summed E-state index contributed by atoms with van der Waals surface area (Å²) in [5, 5.41) is 4.03. The van der Waals surface area contributed by atoms with Gasteiger partial charge in [-0.2, -0.15) is 0 Å². The molecule has 1 saturated heterocycles. The molecule has 1 aliphatic heterocycles. The lowest BCUT2D eigenvalue weighted by molar-refractivity contribution is 0.0592. The summed E-state index contributed by atoms with van der Waals surface area (Å²) >= 11 is 1.50. The number of nitrogens with zero attached hydrogens (tertiary/aromatic N) is 4. The minimum absolute atomic E-state index is 0.000671. The Kier molecular flexibility index (Phi) is 4.46. The van der Waals surface area contributed by atoms with Gasteiger partial charge >= 0.3 is 0 Å². The van der Waals surface area contributed by atoms with Crippen molar-refractivity contribution in [2.24, 2.45) is 0 Å². The van der Waals surface area contributed by atoms with Crippen LogP contribution in [0.4, 0.5) is 11.5 Å². The standard InChI is InChI=1S/C17H19N5O2S/c1-23-12-6-3-5-11(9-12)19-15-14-16(21-17(20-15)25-2)22(10-18-14)13-7-4-8-24-13/h3,5-6,9-10,13H,4,7-8H2,1-2H3,(H,19,20,21). The third-order valence-electron chi connectivity index (χ3n) is 4.13. The molecule has 3 heterocycles. The molecular weight excluding hydrogens is 338 g/mol. The van der Waals surface area contributed by atoms with E-state index in [1.807, 2.05) is 35.1 Å². The van der Waals surface area contributed by atoms with Crippen molar-refractivity contribution >= 4 is 34.4 Å². The van der Waals surface area contributed by atoms with Gasteiger partial charge in [0.2, 0.25) is 0 Å². The lowest BCUT2D eigenvalue weighted by Crippen LogP contribution is -2.07. The molecule has 1 fully saturated rings. The zero-order valence-corrected chi connectivity index (χ0v) is 14.9. The predicted molar refractivity (Wildman–Crippen MR) is 97.6 cm³/mol. The molecule has 130 valence electrons. The van der Waals surface area contributed by atoms with E-state index < -0.39 is 0 Å². The van der Waals surface area contributed by atoms with Crippen LogP contribution in [0.5, 0.6) is 5.75 Å². The summed E-state index contributed by atoms with van der Waals surface area (Å²) in [6, 6.07) is 7.72. The molecule has 0 spiro atoms. The number of hydrogen-bond donors (Lipinski definition) is 1. The average Bonchev–Trinajstić information content (AvgIpc) is 3.31. The van der Waals surface area contributed by atoms with Crippen LogP contribution in [0.15, 0.2) is 35.7 Å². The van der Waals surface area contributed by atoms with Gasteiger partial charge in [0.1, 0.15) is 12.0 Å². The zero-order valence-electron chi connectivity index (χ0n) is 14.1. The maximum atomic E-state index is 5.79. The molecule has 25 heavy (non-hydrogen) atoms. The Hall–Kier alpha value is -2.32. The monoisotopic (exact) mass is 357 g/mol. The second kappa shape index (κ2) is 6.89. The number of fused-ring (bicyclic) bond motifs is 1. The highest BCUT2D eigenvalue weighted by Crippen LogP contribution is 2.31. The second-order valence-electron chi connectivity index (χ2n) is 5.71. The molecular formula is C17H19N5O2S. The van der Waals surface area contributed by atoms with Crippen LogP contribution in [0, 0.1) is 0 Å². The molecule has 2 aromatic heterocycles. The molecule has 7 nitrogen and oxygen atoms in total. The largest absolute Gasteiger partial charge is 0.497 e. The highest BCUT2D eigenvalue weighted by molar-refractivity contribution is 7.98. The zero-order chi connectivity index (χ0) is 17.2. The highest BCUT2D eigenvalue weighted by atomic mass is 32.2. The Morgan fingerprint density at radius 2 is 2.28 bits per heavy atom. The van der Waals surface area contributed by atoms with Crippen molar-refractivity contribution in [3.8, 4) is 5.75 Å². The number of ether oxygens (including phenoxy) is 2. The van der Waals surface area contributed by atoms with E-state index in [-0.39, 0.29) is 6.23 Å². The lowest BCUT2D eigenvalue weighted by Gasteiger charge is -2.13. The fourth-order valence-electron chi connectivity index (χ4n) is 2.90. The van der Waals surface area contributed by atoms with Gasteiger partial charge in [-0.15, -0.1) is 0 Å². The fraction of sp³-hybridized carbons (Fsp3) is 0.353. The van der Waals surface area contributed by atoms with Crippen LogP contribution in [0.25, 0.3) is 11.2 Å². The molecule has 0 aliphatic carbocycles. The number of anilines is 2. The molecule has 1 unspecified atom stereocenters. The van der Waals surface area contributed by atoms with Crippen molar-refractivity contribution in [3.63, 3.8) is 0 Å². The number of nitrogens with one attached hydrogen (secondary N) is 1. The van der Waals surface area contributed by atoms with Crippen LogP contribution in [0.2, 0.25) is 0 Å². The Labute approximate surface area is 149 Å². The van der Waals surface area contributed by atoms with E-state index in [9.17, 15) is 0 Å². The van der Waals surface area contributed by atoms with Crippen LogP contribution < -0.4 is 10.1 Å². The van der Waals surface area contributed by atoms with Crippen molar-refractivity contribution in [2.75, 3.05) is 25.3 Å². The Morgan fingerprint density at radius 3 is 3.04 bits per heavy atom. The van der Waals surface area contributed by atoms with Gasteiger partial charge < -0.3 is 14.8 Å². The Balaban J connectivity index is 1.77. The number of methoxy groups -OCH3 is 1. The van der Waals surface area contributed by atoms with Gasteiger partial charge in [0.05, 0.1) is 13.4 Å². The number of aromatic nitrogens is 4. The van der Waals surface area contributed by atoms with Crippen LogP contribution in [0.1, 0.15) is 19.1 Å². The minimum atomic E-state index is -0.000671. The van der Waals surface area contributed by atoms with Crippen LogP contribution in [-0.2, 0) is 4.74 Å². The molecule has 0 radical (unpaired) electrons. The fourth-order valence-corrected chi connectivity index (χ4v) is 3.26. The number of hydrogen-bond acceptors (Lipinski definition) is 7. The van der Waals surface area contributed by atoms with Crippen molar-refractivity contribution in [1.29, 1.82) is 0 Å². The molecule has 1 N–H and O–H groups in total. The quantitative estimate of drug-likeness (QED) is 0.552. The molecule has 1 aliphatic rings. The van der Waals surface area contributed by atoms with Gasteiger partial charge in [0, 0.05) is 18.4 Å². The highest BCUT2D eigenvalue weighted by Gasteiger charge is 2.22. The van der Waals surface area contributed by atoms with Crippen molar-refractivity contribution in [1.82, 2.24) is 19.5 Å². The number of imidazole rings is 1. The first-order chi connectivity index (χ1) is 12.3. The van der Waals surface area contributed by atoms with Gasteiger partial charge in [-0.05, 0) is 31.2 Å². The summed E-state index contributed by atoms with van der Waals surface area (Å²) in [6.45, 7) is 0.778. The van der Waals surface area contributed by atoms with Crippen molar-refractivity contribution < 1.29 is 9.47 Å². The predicted octanol–water partition coefficient (Wildman–Crippen LogP) is 3.61. The van der Waals surface area contributed by atoms with Crippen molar-refractivity contribution in [3.05, 3.63) is 30.6 Å². The van der Waals surface area contributed by atoms with Gasteiger partial charge in [-0.1, -0.05) is 17.8 Å². The molecule has 1 atom stereocenters. The normalized spacial score (nSPS) is 17.1. The van der Waals surface area contributed by atoms with E-state index in [4.69, 9.17) is 9.47 Å². The van der Waals surface area contributed by atoms with E-state index >= 15 is 0 Å². The van der Waals surface area contributed by atoms with E-state index in [1.54, 1.807) is 13.4 Å². The third-order valence-corrected chi connectivity index (χ3v) is 4.68. The molecule has 8 heteroatoms. The first-order valence-electron chi connectivity index (χ1n) is 8.09. The van der Waals surface area contributed by atoms with E-state index in [0.717, 1.165) is 42.0 Å². The van der Waals surface area contributed by atoms with Gasteiger partial charge in [-0.3, -0.25) is 4.57 Å². The van der Waals surface area contributed by atoms with E-state index in [2.05, 4.69) is 20.3 Å². The lowest BCUT2D eigenvalue weighted by atomic mass is 10.3. The summed E-state index contributed by atoms with van der Waals surface area (Å²) in [6.07, 6.45) is 5.78. The Bertz CT molecular complexity index is 892. The summed E-state index contributed by atoms with van der Waals surface area (Å²) in [4.78, 5) is 13.8. The molecule has 0 bridgehead atoms. The van der Waals surface area contributed by atoms with Crippen LogP contribution in [0.3, 0.4) is 0 Å². The van der Waals surface area contributed by atoms with Gasteiger partial charge in [0.15, 0.2) is 22.1 Å². The first-order valence-corrected chi connectivity index (χ1v) is 9.32. The summed E-state index contributed by atoms with van der Waals surface area (Å²) in [7, 11) is 1.65.